The third-order valence-electron chi connectivity index (χ3n) is 4.03. The molecule has 1 atom stereocenters. The number of aliphatic hydroxyl groups is 1. The maximum absolute atomic E-state index is 13.1. The van der Waals surface area contributed by atoms with Gasteiger partial charge in [-0.05, 0) is 30.2 Å². The monoisotopic (exact) mass is 401 g/mol. The third-order valence-corrected chi connectivity index (χ3v) is 4.73. The Balaban J connectivity index is 2.12. The quantitative estimate of drug-likeness (QED) is 0.645. The zero-order chi connectivity index (χ0) is 19.1. The Morgan fingerprint density at radius 1 is 1.12 bits per heavy atom. The lowest BCUT2D eigenvalue weighted by molar-refractivity contribution is 0.238. The molecule has 0 saturated carbocycles. The number of hydrogen-bond acceptors (Lipinski definition) is 4. The van der Waals surface area contributed by atoms with Crippen molar-refractivity contribution in [1.82, 2.24) is 5.32 Å². The SMILES string of the molecule is CCC(CO)NCc1cc(OC)c(OCc2ccc(F)cc2Cl)cc1Cl. The number of methoxy groups -OCH3 is 1. The van der Waals surface area contributed by atoms with E-state index in [4.69, 9.17) is 32.7 Å². The average molecular weight is 402 g/mol. The second kappa shape index (κ2) is 9.97. The summed E-state index contributed by atoms with van der Waals surface area (Å²) in [5.41, 5.74) is 1.49. The molecule has 7 heteroatoms. The fraction of sp³-hybridized carbons (Fsp3) is 0.368. The van der Waals surface area contributed by atoms with Crippen LogP contribution in [0.5, 0.6) is 11.5 Å². The van der Waals surface area contributed by atoms with Gasteiger partial charge in [0.1, 0.15) is 12.4 Å². The second-order valence-electron chi connectivity index (χ2n) is 5.79. The van der Waals surface area contributed by atoms with E-state index >= 15 is 0 Å². The molecule has 4 nitrogen and oxygen atoms in total. The Hall–Kier alpha value is -1.53. The number of hydrogen-bond donors (Lipinski definition) is 2. The summed E-state index contributed by atoms with van der Waals surface area (Å²) in [6.07, 6.45) is 0.810. The van der Waals surface area contributed by atoms with E-state index in [2.05, 4.69) is 5.32 Å². The molecule has 2 N–H and O–H groups in total. The molecule has 142 valence electrons. The van der Waals surface area contributed by atoms with Crippen LogP contribution in [-0.4, -0.2) is 24.9 Å². The molecule has 2 rings (SSSR count). The number of rotatable bonds is 9. The minimum atomic E-state index is -0.399. The van der Waals surface area contributed by atoms with Crippen molar-refractivity contribution in [3.05, 3.63) is 57.3 Å². The fourth-order valence-corrected chi connectivity index (χ4v) is 2.81. The van der Waals surface area contributed by atoms with E-state index in [0.717, 1.165) is 12.0 Å². The molecule has 0 aliphatic heterocycles. The summed E-state index contributed by atoms with van der Waals surface area (Å²) in [7, 11) is 1.54. The maximum atomic E-state index is 13.1. The highest BCUT2D eigenvalue weighted by Gasteiger charge is 2.13. The van der Waals surface area contributed by atoms with Crippen molar-refractivity contribution in [2.45, 2.75) is 32.5 Å². The van der Waals surface area contributed by atoms with Gasteiger partial charge in [0.15, 0.2) is 11.5 Å². The van der Waals surface area contributed by atoms with E-state index in [1.165, 1.54) is 12.1 Å². The highest BCUT2D eigenvalue weighted by Crippen LogP contribution is 2.34. The first-order valence-corrected chi connectivity index (χ1v) is 9.01. The molecule has 0 aromatic heterocycles. The molecule has 0 bridgehead atoms. The minimum Gasteiger partial charge on any atom is -0.493 e. The normalized spacial score (nSPS) is 12.1. The zero-order valence-corrected chi connectivity index (χ0v) is 16.2. The van der Waals surface area contributed by atoms with E-state index in [1.807, 2.05) is 6.92 Å². The van der Waals surface area contributed by atoms with Crippen LogP contribution in [0.1, 0.15) is 24.5 Å². The molecule has 0 amide bonds. The van der Waals surface area contributed by atoms with Gasteiger partial charge < -0.3 is 19.9 Å². The van der Waals surface area contributed by atoms with Crippen molar-refractivity contribution >= 4 is 23.2 Å². The molecule has 0 heterocycles. The van der Waals surface area contributed by atoms with Gasteiger partial charge >= 0.3 is 0 Å². The zero-order valence-electron chi connectivity index (χ0n) is 14.7. The van der Waals surface area contributed by atoms with Gasteiger partial charge in [-0.3, -0.25) is 0 Å². The summed E-state index contributed by atoms with van der Waals surface area (Å²) < 4.78 is 24.3. The van der Waals surface area contributed by atoms with Crippen molar-refractivity contribution in [2.24, 2.45) is 0 Å². The molecule has 0 aliphatic rings. The largest absolute Gasteiger partial charge is 0.493 e. The Morgan fingerprint density at radius 3 is 2.46 bits per heavy atom. The molecule has 2 aromatic carbocycles. The van der Waals surface area contributed by atoms with Crippen LogP contribution in [0.2, 0.25) is 10.0 Å². The van der Waals surface area contributed by atoms with Gasteiger partial charge in [0.05, 0.1) is 18.7 Å². The van der Waals surface area contributed by atoms with Gasteiger partial charge in [-0.2, -0.15) is 0 Å². The van der Waals surface area contributed by atoms with Crippen LogP contribution in [0.3, 0.4) is 0 Å². The topological polar surface area (TPSA) is 50.7 Å². The van der Waals surface area contributed by atoms with Crippen LogP contribution in [0, 0.1) is 5.82 Å². The van der Waals surface area contributed by atoms with Crippen LogP contribution >= 0.6 is 23.2 Å². The second-order valence-corrected chi connectivity index (χ2v) is 6.60. The first-order valence-electron chi connectivity index (χ1n) is 8.25. The first-order chi connectivity index (χ1) is 12.5. The predicted molar refractivity (Wildman–Crippen MR) is 102 cm³/mol. The highest BCUT2D eigenvalue weighted by molar-refractivity contribution is 6.31. The number of nitrogens with one attached hydrogen (secondary N) is 1. The first kappa shape index (κ1) is 20.8. The van der Waals surface area contributed by atoms with Crippen LogP contribution in [-0.2, 0) is 13.2 Å². The molecule has 0 radical (unpaired) electrons. The van der Waals surface area contributed by atoms with Crippen molar-refractivity contribution < 1.29 is 19.0 Å². The van der Waals surface area contributed by atoms with Crippen LogP contribution in [0.15, 0.2) is 30.3 Å². The minimum absolute atomic E-state index is 0.00797. The van der Waals surface area contributed by atoms with Gasteiger partial charge in [-0.25, -0.2) is 4.39 Å². The van der Waals surface area contributed by atoms with Gasteiger partial charge in [0.2, 0.25) is 0 Å². The summed E-state index contributed by atoms with van der Waals surface area (Å²) >= 11 is 12.4. The molecular weight excluding hydrogens is 380 g/mol. The highest BCUT2D eigenvalue weighted by atomic mass is 35.5. The molecular formula is C19H22Cl2FNO3. The van der Waals surface area contributed by atoms with Crippen LogP contribution in [0.25, 0.3) is 0 Å². The van der Waals surface area contributed by atoms with E-state index in [-0.39, 0.29) is 19.3 Å². The van der Waals surface area contributed by atoms with Crippen LogP contribution in [0.4, 0.5) is 4.39 Å². The smallest absolute Gasteiger partial charge is 0.163 e. The lowest BCUT2D eigenvalue weighted by Crippen LogP contribution is -2.31. The number of halogens is 3. The van der Waals surface area contributed by atoms with E-state index in [9.17, 15) is 9.50 Å². The summed E-state index contributed by atoms with van der Waals surface area (Å²) in [4.78, 5) is 0. The van der Waals surface area contributed by atoms with E-state index < -0.39 is 5.82 Å². The number of ether oxygens (including phenoxy) is 2. The van der Waals surface area contributed by atoms with Crippen molar-refractivity contribution in [3.63, 3.8) is 0 Å². The third kappa shape index (κ3) is 5.48. The van der Waals surface area contributed by atoms with Crippen LogP contribution < -0.4 is 14.8 Å². The summed E-state index contributed by atoms with van der Waals surface area (Å²) in [6, 6.07) is 7.62. The molecule has 0 fully saturated rings. The standard InChI is InChI=1S/C19H22Cl2FNO3/c1-3-15(10-24)23-9-13-6-18(25-2)19(8-17(13)21)26-11-12-4-5-14(22)7-16(12)20/h4-8,15,23-24H,3,9-11H2,1-2H3. The molecule has 0 aliphatic carbocycles. The Morgan fingerprint density at radius 2 is 1.85 bits per heavy atom. The van der Waals surface area contributed by atoms with Gasteiger partial charge in [-0.1, -0.05) is 36.2 Å². The summed E-state index contributed by atoms with van der Waals surface area (Å²) in [5, 5.41) is 13.3. The van der Waals surface area contributed by atoms with Crippen molar-refractivity contribution in [1.29, 1.82) is 0 Å². The van der Waals surface area contributed by atoms with Gasteiger partial charge in [0.25, 0.3) is 0 Å². The number of aliphatic hydroxyl groups excluding tert-OH is 1. The molecule has 2 aromatic rings. The average Bonchev–Trinajstić information content (AvgIpc) is 2.63. The van der Waals surface area contributed by atoms with E-state index in [1.54, 1.807) is 25.3 Å². The van der Waals surface area contributed by atoms with Crippen molar-refractivity contribution in [2.75, 3.05) is 13.7 Å². The predicted octanol–water partition coefficient (Wildman–Crippen LogP) is 4.58. The fourth-order valence-electron chi connectivity index (χ4n) is 2.37. The summed E-state index contributed by atoms with van der Waals surface area (Å²) in [6.45, 7) is 2.71. The molecule has 0 spiro atoms. The Bertz CT molecular complexity index is 739. The maximum Gasteiger partial charge on any atom is 0.163 e. The van der Waals surface area contributed by atoms with Crippen molar-refractivity contribution in [3.8, 4) is 11.5 Å². The van der Waals surface area contributed by atoms with Gasteiger partial charge in [-0.15, -0.1) is 0 Å². The lowest BCUT2D eigenvalue weighted by atomic mass is 10.1. The molecule has 26 heavy (non-hydrogen) atoms. The number of benzene rings is 2. The van der Waals surface area contributed by atoms with Gasteiger partial charge in [0, 0.05) is 29.2 Å². The summed E-state index contributed by atoms with van der Waals surface area (Å²) in [5.74, 6) is 0.599. The molecule has 1 unspecified atom stereocenters. The molecule has 0 saturated heterocycles. The van der Waals surface area contributed by atoms with E-state index in [0.29, 0.717) is 33.7 Å². The Kier molecular flexibility index (Phi) is 7.97. The Labute approximate surface area is 162 Å². The lowest BCUT2D eigenvalue weighted by Gasteiger charge is -2.17.